The molecule has 1 N–H and O–H groups in total. The Kier molecular flexibility index (Phi) is 5.41. The number of imidazole rings is 1. The minimum absolute atomic E-state index is 0.0394. The van der Waals surface area contributed by atoms with Crippen molar-refractivity contribution in [2.75, 3.05) is 22.9 Å². The number of pyridine rings is 1. The standard InChI is InChI=1S/C27H25F3N6O3/c1-14-21(11-36-20-6-16(28)5-19(30)23(20)39-26(2,3)24(36)37)35-10-17(18(29)7-22(35)33-14)15-8-31-25(32-9-15)34-12-27(4,38)13-34/h5-10,38H,11-13H2,1-4H3. The predicted octanol–water partition coefficient (Wildman–Crippen LogP) is 3.79. The Hall–Kier alpha value is -4.19. The fourth-order valence-electron chi connectivity index (χ4n) is 5.06. The third-order valence-corrected chi connectivity index (χ3v) is 7.01. The van der Waals surface area contributed by atoms with Crippen LogP contribution >= 0.6 is 0 Å². The molecule has 202 valence electrons. The van der Waals surface area contributed by atoms with Crippen molar-refractivity contribution in [3.63, 3.8) is 0 Å². The van der Waals surface area contributed by atoms with Gasteiger partial charge in [0.15, 0.2) is 17.2 Å². The first kappa shape index (κ1) is 25.1. The van der Waals surface area contributed by atoms with Crippen LogP contribution in [0.3, 0.4) is 0 Å². The van der Waals surface area contributed by atoms with Crippen LogP contribution in [0.4, 0.5) is 24.8 Å². The molecule has 0 aliphatic carbocycles. The first-order valence-electron chi connectivity index (χ1n) is 12.3. The number of aromatic nitrogens is 4. The summed E-state index contributed by atoms with van der Waals surface area (Å²) in [5.41, 5.74) is -0.274. The van der Waals surface area contributed by atoms with Crippen molar-refractivity contribution in [1.29, 1.82) is 0 Å². The Bertz CT molecular complexity index is 1640. The number of amides is 1. The Balaban J connectivity index is 1.39. The summed E-state index contributed by atoms with van der Waals surface area (Å²) in [7, 11) is 0. The normalized spacial score (nSPS) is 17.7. The number of nitrogens with zero attached hydrogens (tertiary/aromatic N) is 6. The van der Waals surface area contributed by atoms with Crippen molar-refractivity contribution in [3.05, 3.63) is 65.6 Å². The molecule has 0 atom stereocenters. The molecule has 0 spiro atoms. The van der Waals surface area contributed by atoms with Gasteiger partial charge in [0.05, 0.1) is 42.3 Å². The summed E-state index contributed by atoms with van der Waals surface area (Å²) in [5, 5.41) is 9.96. The average Bonchev–Trinajstić information content (AvgIpc) is 3.14. The molecule has 12 heteroatoms. The zero-order valence-corrected chi connectivity index (χ0v) is 21.7. The van der Waals surface area contributed by atoms with Crippen LogP contribution in [0.25, 0.3) is 16.8 Å². The Morgan fingerprint density at radius 1 is 1.05 bits per heavy atom. The highest BCUT2D eigenvalue weighted by Crippen LogP contribution is 2.41. The fraction of sp³-hybridized carbons (Fsp3) is 0.333. The number of ether oxygens (including phenoxy) is 1. The van der Waals surface area contributed by atoms with Crippen molar-refractivity contribution >= 4 is 23.2 Å². The second kappa shape index (κ2) is 8.40. The van der Waals surface area contributed by atoms with Gasteiger partial charge in [-0.25, -0.2) is 28.1 Å². The van der Waals surface area contributed by atoms with Crippen molar-refractivity contribution in [2.45, 2.75) is 45.4 Å². The number of halogens is 3. The number of carbonyl (C=O) groups excluding carboxylic acids is 1. The van der Waals surface area contributed by atoms with E-state index in [2.05, 4.69) is 15.0 Å². The van der Waals surface area contributed by atoms with Gasteiger partial charge >= 0.3 is 0 Å². The van der Waals surface area contributed by atoms with E-state index < -0.39 is 34.6 Å². The largest absolute Gasteiger partial charge is 0.473 e. The molecule has 2 aliphatic heterocycles. The van der Waals surface area contributed by atoms with E-state index in [1.54, 1.807) is 18.2 Å². The van der Waals surface area contributed by atoms with Gasteiger partial charge in [0, 0.05) is 47.9 Å². The van der Waals surface area contributed by atoms with Gasteiger partial charge in [-0.15, -0.1) is 0 Å². The number of rotatable bonds is 4. The van der Waals surface area contributed by atoms with Crippen LogP contribution in [0.1, 0.15) is 32.2 Å². The fourth-order valence-corrected chi connectivity index (χ4v) is 5.06. The molecular weight excluding hydrogens is 513 g/mol. The Morgan fingerprint density at radius 3 is 2.41 bits per heavy atom. The minimum atomic E-state index is -1.40. The van der Waals surface area contributed by atoms with Gasteiger partial charge in [-0.1, -0.05) is 0 Å². The number of carbonyl (C=O) groups is 1. The number of benzene rings is 1. The molecule has 0 bridgehead atoms. The molecule has 1 fully saturated rings. The summed E-state index contributed by atoms with van der Waals surface area (Å²) in [6.07, 6.45) is 4.54. The van der Waals surface area contributed by atoms with Gasteiger partial charge in [0.25, 0.3) is 5.91 Å². The maximum absolute atomic E-state index is 15.2. The quantitative estimate of drug-likeness (QED) is 0.422. The van der Waals surface area contributed by atoms with E-state index in [0.29, 0.717) is 47.7 Å². The van der Waals surface area contributed by atoms with Crippen LogP contribution in [0.15, 0.2) is 36.8 Å². The molecule has 1 aromatic carbocycles. The number of hydrogen-bond acceptors (Lipinski definition) is 7. The highest BCUT2D eigenvalue weighted by atomic mass is 19.1. The zero-order chi connectivity index (χ0) is 27.9. The smallest absolute Gasteiger partial charge is 0.271 e. The first-order chi connectivity index (χ1) is 18.3. The lowest BCUT2D eigenvalue weighted by atomic mass is 9.98. The molecule has 0 radical (unpaired) electrons. The molecule has 1 saturated heterocycles. The van der Waals surface area contributed by atoms with Gasteiger partial charge in [0.2, 0.25) is 5.95 Å². The van der Waals surface area contributed by atoms with E-state index in [-0.39, 0.29) is 23.5 Å². The number of β-amino-alcohol motifs (C(OH)–C–C–N with tert-alkyl or cyclic N) is 1. The third-order valence-electron chi connectivity index (χ3n) is 7.01. The lowest BCUT2D eigenvalue weighted by Crippen LogP contribution is -2.60. The molecule has 6 rings (SSSR count). The summed E-state index contributed by atoms with van der Waals surface area (Å²) in [5.74, 6) is -2.60. The lowest BCUT2D eigenvalue weighted by Gasteiger charge is -2.44. The number of fused-ring (bicyclic) bond motifs is 2. The lowest BCUT2D eigenvalue weighted by molar-refractivity contribution is -0.133. The van der Waals surface area contributed by atoms with Crippen LogP contribution in [0.5, 0.6) is 5.75 Å². The zero-order valence-electron chi connectivity index (χ0n) is 21.7. The van der Waals surface area contributed by atoms with Gasteiger partial charge < -0.3 is 19.1 Å². The Labute approximate surface area is 221 Å². The molecular formula is C27H25F3N6O3. The van der Waals surface area contributed by atoms with Gasteiger partial charge in [-0.3, -0.25) is 9.69 Å². The van der Waals surface area contributed by atoms with E-state index in [1.165, 1.54) is 43.4 Å². The predicted molar refractivity (Wildman–Crippen MR) is 136 cm³/mol. The van der Waals surface area contributed by atoms with E-state index in [0.717, 1.165) is 6.07 Å². The van der Waals surface area contributed by atoms with Gasteiger partial charge in [0.1, 0.15) is 17.3 Å². The van der Waals surface area contributed by atoms with Crippen molar-refractivity contribution in [1.82, 2.24) is 19.4 Å². The van der Waals surface area contributed by atoms with E-state index >= 15 is 4.39 Å². The summed E-state index contributed by atoms with van der Waals surface area (Å²) < 4.78 is 51.2. The number of aryl methyl sites for hydroxylation is 1. The number of anilines is 2. The van der Waals surface area contributed by atoms with Crippen LogP contribution in [-0.2, 0) is 11.3 Å². The van der Waals surface area contributed by atoms with Crippen LogP contribution in [-0.4, -0.2) is 54.7 Å². The minimum Gasteiger partial charge on any atom is -0.473 e. The van der Waals surface area contributed by atoms with E-state index in [9.17, 15) is 18.7 Å². The molecule has 2 aliphatic rings. The maximum atomic E-state index is 15.2. The monoisotopic (exact) mass is 538 g/mol. The summed E-state index contributed by atoms with van der Waals surface area (Å²) in [6, 6.07) is 3.02. The molecule has 5 heterocycles. The molecule has 9 nitrogen and oxygen atoms in total. The average molecular weight is 539 g/mol. The van der Waals surface area contributed by atoms with Crippen LogP contribution in [0, 0.1) is 24.4 Å². The van der Waals surface area contributed by atoms with E-state index in [1.807, 2.05) is 4.90 Å². The molecule has 0 unspecified atom stereocenters. The molecule has 39 heavy (non-hydrogen) atoms. The van der Waals surface area contributed by atoms with Crippen molar-refractivity contribution in [3.8, 4) is 16.9 Å². The summed E-state index contributed by atoms with van der Waals surface area (Å²) >= 11 is 0. The second-order valence-electron chi connectivity index (χ2n) is 10.8. The molecule has 1 amide bonds. The topological polar surface area (TPSA) is 96.1 Å². The molecule has 4 aromatic rings. The molecule has 3 aromatic heterocycles. The SMILES string of the molecule is Cc1nc2cc(F)c(-c3cnc(N4CC(C)(O)C4)nc3)cn2c1CN1C(=O)C(C)(C)Oc2c(F)cc(F)cc21. The van der Waals surface area contributed by atoms with Crippen molar-refractivity contribution in [2.24, 2.45) is 0 Å². The van der Waals surface area contributed by atoms with Crippen LogP contribution in [0.2, 0.25) is 0 Å². The van der Waals surface area contributed by atoms with Gasteiger partial charge in [-0.05, 0) is 27.7 Å². The highest BCUT2D eigenvalue weighted by Gasteiger charge is 2.43. The van der Waals surface area contributed by atoms with Crippen LogP contribution < -0.4 is 14.5 Å². The number of aliphatic hydroxyl groups is 1. The molecule has 0 saturated carbocycles. The number of hydrogen-bond donors (Lipinski definition) is 1. The Morgan fingerprint density at radius 2 is 1.74 bits per heavy atom. The highest BCUT2D eigenvalue weighted by molar-refractivity contribution is 6.02. The van der Waals surface area contributed by atoms with Crippen molar-refractivity contribution < 1.29 is 27.8 Å². The van der Waals surface area contributed by atoms with E-state index in [4.69, 9.17) is 4.74 Å². The first-order valence-corrected chi connectivity index (χ1v) is 12.3. The second-order valence-corrected chi connectivity index (χ2v) is 10.8. The van der Waals surface area contributed by atoms with Gasteiger partial charge in [-0.2, -0.15) is 0 Å². The summed E-state index contributed by atoms with van der Waals surface area (Å²) in [4.78, 5) is 29.5. The maximum Gasteiger partial charge on any atom is 0.271 e. The summed E-state index contributed by atoms with van der Waals surface area (Å²) in [6.45, 7) is 7.16. The third kappa shape index (κ3) is 4.15.